The highest BCUT2D eigenvalue weighted by molar-refractivity contribution is 6.32. The number of H-pyrrole nitrogens is 1. The van der Waals surface area contributed by atoms with Gasteiger partial charge in [0.25, 0.3) is 0 Å². The number of amides is 1. The Labute approximate surface area is 185 Å². The van der Waals surface area contributed by atoms with E-state index < -0.39 is 0 Å². The van der Waals surface area contributed by atoms with E-state index >= 15 is 0 Å². The number of carbonyl (C=O) groups is 1. The van der Waals surface area contributed by atoms with Crippen LogP contribution in [0, 0.1) is 11.3 Å². The third-order valence-corrected chi connectivity index (χ3v) is 5.76. The molecule has 2 N–H and O–H groups in total. The van der Waals surface area contributed by atoms with Crippen LogP contribution in [0.5, 0.6) is 0 Å². The van der Waals surface area contributed by atoms with Crippen molar-refractivity contribution >= 4 is 28.4 Å². The van der Waals surface area contributed by atoms with Crippen LogP contribution in [0.3, 0.4) is 0 Å². The van der Waals surface area contributed by atoms with E-state index in [0.717, 1.165) is 27.7 Å². The minimum absolute atomic E-state index is 0.0790. The average Bonchev–Trinajstić information content (AvgIpc) is 3.23. The van der Waals surface area contributed by atoms with Crippen LogP contribution in [0.15, 0.2) is 73.1 Å². The number of hydrogen-bond acceptors (Lipinski definition) is 3. The van der Waals surface area contributed by atoms with Crippen molar-refractivity contribution in [3.63, 3.8) is 0 Å². The average molecular weight is 429 g/mol. The van der Waals surface area contributed by atoms with Crippen molar-refractivity contribution in [3.8, 4) is 6.07 Å². The third kappa shape index (κ3) is 4.60. The lowest BCUT2D eigenvalue weighted by Crippen LogP contribution is -2.27. The van der Waals surface area contributed by atoms with Gasteiger partial charge in [-0.3, -0.25) is 9.78 Å². The lowest BCUT2D eigenvalue weighted by atomic mass is 9.87. The van der Waals surface area contributed by atoms with Crippen LogP contribution < -0.4 is 5.32 Å². The topological polar surface area (TPSA) is 81.6 Å². The monoisotopic (exact) mass is 428 g/mol. The van der Waals surface area contributed by atoms with Crippen molar-refractivity contribution in [2.24, 2.45) is 0 Å². The number of aromatic amines is 1. The Balaban J connectivity index is 1.60. The molecule has 0 radical (unpaired) electrons. The van der Waals surface area contributed by atoms with Crippen molar-refractivity contribution in [2.75, 3.05) is 6.54 Å². The Morgan fingerprint density at radius 3 is 2.74 bits per heavy atom. The van der Waals surface area contributed by atoms with Crippen molar-refractivity contribution in [1.29, 1.82) is 5.26 Å². The van der Waals surface area contributed by atoms with Crippen LogP contribution in [-0.2, 0) is 11.2 Å². The molecular weight excluding hydrogens is 408 g/mol. The summed E-state index contributed by atoms with van der Waals surface area (Å²) in [5, 5.41) is 13.8. The standard InChI is InChI=1S/C25H21ClN4O/c26-25-17(15-27)6-5-9-20(25)21(22-16-30-23-10-2-1-8-19(22)23)14-24(31)29-13-11-18-7-3-4-12-28-18/h1-10,12,16,21,30H,11,13-14H2,(H,29,31)/t21-/m0/s1. The first-order valence-electron chi connectivity index (χ1n) is 10.1. The van der Waals surface area contributed by atoms with Crippen LogP contribution >= 0.6 is 11.6 Å². The van der Waals surface area contributed by atoms with E-state index in [1.54, 1.807) is 18.3 Å². The molecule has 0 aliphatic rings. The number of nitriles is 1. The number of carbonyl (C=O) groups excluding carboxylic acids is 1. The van der Waals surface area contributed by atoms with Crippen molar-refractivity contribution in [1.82, 2.24) is 15.3 Å². The minimum atomic E-state index is -0.285. The number of nitrogens with zero attached hydrogens (tertiary/aromatic N) is 2. The summed E-state index contributed by atoms with van der Waals surface area (Å²) in [5.41, 5.74) is 4.07. The number of aromatic nitrogens is 2. The Bertz CT molecular complexity index is 1240. The largest absolute Gasteiger partial charge is 0.361 e. The van der Waals surface area contributed by atoms with Gasteiger partial charge in [-0.15, -0.1) is 0 Å². The van der Waals surface area contributed by atoms with E-state index in [4.69, 9.17) is 11.6 Å². The number of halogens is 1. The number of para-hydroxylation sites is 1. The lowest BCUT2D eigenvalue weighted by Gasteiger charge is -2.19. The first-order chi connectivity index (χ1) is 15.2. The maximum absolute atomic E-state index is 12.9. The van der Waals surface area contributed by atoms with E-state index in [0.29, 0.717) is 23.6 Å². The third-order valence-electron chi connectivity index (χ3n) is 5.34. The zero-order chi connectivity index (χ0) is 21.6. The molecule has 0 fully saturated rings. The Kier molecular flexibility index (Phi) is 6.30. The van der Waals surface area contributed by atoms with Gasteiger partial charge in [-0.25, -0.2) is 0 Å². The molecule has 0 aliphatic heterocycles. The summed E-state index contributed by atoms with van der Waals surface area (Å²) in [5.74, 6) is -0.364. The maximum Gasteiger partial charge on any atom is 0.220 e. The van der Waals surface area contributed by atoms with Crippen LogP contribution in [0.4, 0.5) is 0 Å². The van der Waals surface area contributed by atoms with Gasteiger partial charge in [-0.1, -0.05) is 48.0 Å². The zero-order valence-electron chi connectivity index (χ0n) is 16.8. The summed E-state index contributed by atoms with van der Waals surface area (Å²) in [6.45, 7) is 0.502. The summed E-state index contributed by atoms with van der Waals surface area (Å²) >= 11 is 6.57. The second kappa shape index (κ2) is 9.46. The Hall–Kier alpha value is -3.62. The SMILES string of the molecule is N#Cc1cccc([C@H](CC(=O)NCCc2ccccn2)c2c[nH]c3ccccc23)c1Cl. The van der Waals surface area contributed by atoms with Crippen molar-refractivity contribution in [3.05, 3.63) is 100 Å². The van der Waals surface area contributed by atoms with Gasteiger partial charge in [-0.05, 0) is 35.4 Å². The molecule has 0 aliphatic carbocycles. The van der Waals surface area contributed by atoms with E-state index in [9.17, 15) is 10.1 Å². The number of fused-ring (bicyclic) bond motifs is 1. The molecule has 2 aromatic carbocycles. The van der Waals surface area contributed by atoms with Crippen LogP contribution in [0.2, 0.25) is 5.02 Å². The molecule has 2 heterocycles. The molecule has 0 spiro atoms. The summed E-state index contributed by atoms with van der Waals surface area (Å²) < 4.78 is 0. The molecule has 1 amide bonds. The molecule has 4 rings (SSSR count). The second-order valence-electron chi connectivity index (χ2n) is 7.29. The summed E-state index contributed by atoms with van der Waals surface area (Å²) in [4.78, 5) is 20.4. The van der Waals surface area contributed by atoms with Gasteiger partial charge in [0.1, 0.15) is 6.07 Å². The molecule has 6 heteroatoms. The molecule has 0 saturated heterocycles. The second-order valence-corrected chi connectivity index (χ2v) is 7.67. The quantitative estimate of drug-likeness (QED) is 0.436. The molecule has 154 valence electrons. The first kappa shape index (κ1) is 20.6. The van der Waals surface area contributed by atoms with E-state index in [2.05, 4.69) is 21.4 Å². The van der Waals surface area contributed by atoms with Crippen LogP contribution in [0.1, 0.15) is 34.7 Å². The number of hydrogen-bond donors (Lipinski definition) is 2. The molecule has 5 nitrogen and oxygen atoms in total. The predicted octanol–water partition coefficient (Wildman–Crippen LogP) is 4.97. The molecular formula is C25H21ClN4O. The number of pyridine rings is 1. The summed E-state index contributed by atoms with van der Waals surface area (Å²) in [6, 6.07) is 21.2. The van der Waals surface area contributed by atoms with Gasteiger partial charge < -0.3 is 10.3 Å². The Morgan fingerprint density at radius 2 is 1.94 bits per heavy atom. The van der Waals surface area contributed by atoms with Gasteiger partial charge >= 0.3 is 0 Å². The minimum Gasteiger partial charge on any atom is -0.361 e. The van der Waals surface area contributed by atoms with Gasteiger partial charge in [-0.2, -0.15) is 5.26 Å². The summed E-state index contributed by atoms with van der Waals surface area (Å²) in [6.07, 6.45) is 4.55. The molecule has 0 saturated carbocycles. The summed E-state index contributed by atoms with van der Waals surface area (Å²) in [7, 11) is 0. The highest BCUT2D eigenvalue weighted by Gasteiger charge is 2.24. The Morgan fingerprint density at radius 1 is 1.10 bits per heavy atom. The smallest absolute Gasteiger partial charge is 0.220 e. The fraction of sp³-hybridized carbons (Fsp3) is 0.160. The van der Waals surface area contributed by atoms with Gasteiger partial charge in [0, 0.05) is 54.3 Å². The first-order valence-corrected chi connectivity index (χ1v) is 10.5. The maximum atomic E-state index is 12.9. The highest BCUT2D eigenvalue weighted by Crippen LogP contribution is 2.37. The van der Waals surface area contributed by atoms with Crippen molar-refractivity contribution in [2.45, 2.75) is 18.8 Å². The van der Waals surface area contributed by atoms with Gasteiger partial charge in [0.2, 0.25) is 5.91 Å². The fourth-order valence-corrected chi connectivity index (χ4v) is 4.11. The van der Waals surface area contributed by atoms with Crippen molar-refractivity contribution < 1.29 is 4.79 Å². The van der Waals surface area contributed by atoms with E-state index in [1.165, 1.54) is 0 Å². The number of nitrogens with one attached hydrogen (secondary N) is 2. The highest BCUT2D eigenvalue weighted by atomic mass is 35.5. The van der Waals surface area contributed by atoms with Gasteiger partial charge in [0.05, 0.1) is 10.6 Å². The van der Waals surface area contributed by atoms with E-state index in [1.807, 2.05) is 54.7 Å². The van der Waals surface area contributed by atoms with Gasteiger partial charge in [0.15, 0.2) is 0 Å². The molecule has 31 heavy (non-hydrogen) atoms. The van der Waals surface area contributed by atoms with Crippen LogP contribution in [-0.4, -0.2) is 22.4 Å². The van der Waals surface area contributed by atoms with E-state index in [-0.39, 0.29) is 18.2 Å². The molecule has 0 unspecified atom stereocenters. The fourth-order valence-electron chi connectivity index (χ4n) is 3.81. The lowest BCUT2D eigenvalue weighted by molar-refractivity contribution is -0.121. The normalized spacial score (nSPS) is 11.7. The number of rotatable bonds is 7. The predicted molar refractivity (Wildman–Crippen MR) is 122 cm³/mol. The molecule has 4 aromatic rings. The zero-order valence-corrected chi connectivity index (χ0v) is 17.6. The molecule has 1 atom stereocenters. The number of benzene rings is 2. The van der Waals surface area contributed by atoms with Crippen LogP contribution in [0.25, 0.3) is 10.9 Å². The molecule has 2 aromatic heterocycles. The molecule has 0 bridgehead atoms.